The van der Waals surface area contributed by atoms with E-state index in [0.717, 1.165) is 53.3 Å². The normalized spacial score (nSPS) is 32.0. The van der Waals surface area contributed by atoms with Crippen molar-refractivity contribution in [3.8, 4) is 16.9 Å². The van der Waals surface area contributed by atoms with Crippen molar-refractivity contribution < 1.29 is 19.1 Å². The summed E-state index contributed by atoms with van der Waals surface area (Å²) in [4.78, 5) is 23.5. The molecule has 4 nitrogen and oxygen atoms in total. The molecular formula is C26H24FNO3S. The summed E-state index contributed by atoms with van der Waals surface area (Å²) in [5.41, 5.74) is 3.10. The number of nitrogens with one attached hydrogen (secondary N) is 1. The molecule has 1 saturated heterocycles. The fourth-order valence-electron chi connectivity index (χ4n) is 6.95. The Bertz CT molecular complexity index is 1140. The van der Waals surface area contributed by atoms with Gasteiger partial charge in [0.05, 0.1) is 4.91 Å². The molecular weight excluding hydrogens is 425 g/mol. The lowest BCUT2D eigenvalue weighted by atomic mass is 9.48. The van der Waals surface area contributed by atoms with Gasteiger partial charge in [-0.2, -0.15) is 0 Å². The van der Waals surface area contributed by atoms with Crippen LogP contribution in [0.4, 0.5) is 9.18 Å². The van der Waals surface area contributed by atoms with Crippen molar-refractivity contribution >= 4 is 29.0 Å². The highest BCUT2D eigenvalue weighted by atomic mass is 32.2. The largest absolute Gasteiger partial charge is 0.505 e. The lowest BCUT2D eigenvalue weighted by molar-refractivity contribution is -0.115. The van der Waals surface area contributed by atoms with Crippen molar-refractivity contribution in [2.75, 3.05) is 0 Å². The molecule has 5 fully saturated rings. The molecule has 0 aromatic heterocycles. The van der Waals surface area contributed by atoms with Gasteiger partial charge in [-0.05, 0) is 108 Å². The zero-order valence-corrected chi connectivity index (χ0v) is 18.4. The molecule has 5 aliphatic rings. The van der Waals surface area contributed by atoms with Crippen LogP contribution in [0.25, 0.3) is 17.2 Å². The summed E-state index contributed by atoms with van der Waals surface area (Å²) < 4.78 is 14.9. The third-order valence-corrected chi connectivity index (χ3v) is 8.67. The second-order valence-electron chi connectivity index (χ2n) is 10.0. The Kier molecular flexibility index (Phi) is 4.51. The van der Waals surface area contributed by atoms with Gasteiger partial charge in [0.2, 0.25) is 0 Å². The maximum absolute atomic E-state index is 14.9. The number of carbonyl (C=O) groups is 2. The number of hydrogen-bond acceptors (Lipinski definition) is 4. The highest BCUT2D eigenvalue weighted by Gasteiger charge is 2.52. The molecule has 4 bridgehead atoms. The first-order valence-corrected chi connectivity index (χ1v) is 12.1. The second kappa shape index (κ2) is 7.20. The summed E-state index contributed by atoms with van der Waals surface area (Å²) in [5, 5.41) is 12.6. The number of rotatable bonds is 3. The number of halogens is 1. The summed E-state index contributed by atoms with van der Waals surface area (Å²) in [6, 6.07) is 10.9. The van der Waals surface area contributed by atoms with Crippen molar-refractivity contribution in [1.82, 2.24) is 5.32 Å². The number of carbonyl (C=O) groups excluding carboxylic acids is 2. The van der Waals surface area contributed by atoms with Crippen LogP contribution in [0.1, 0.15) is 49.7 Å². The highest BCUT2D eigenvalue weighted by molar-refractivity contribution is 8.18. The number of phenols is 1. The maximum Gasteiger partial charge on any atom is 0.290 e. The van der Waals surface area contributed by atoms with E-state index in [1.54, 1.807) is 6.08 Å². The van der Waals surface area contributed by atoms with E-state index in [-0.39, 0.29) is 22.3 Å². The number of imide groups is 1. The average molecular weight is 450 g/mol. The number of thioether (sulfide) groups is 1. The van der Waals surface area contributed by atoms with Crippen LogP contribution in [0, 0.1) is 23.6 Å². The lowest BCUT2D eigenvalue weighted by Crippen LogP contribution is -2.48. The Morgan fingerprint density at radius 1 is 0.969 bits per heavy atom. The lowest BCUT2D eigenvalue weighted by Gasteiger charge is -2.57. The van der Waals surface area contributed by atoms with Crippen molar-refractivity contribution in [2.45, 2.75) is 43.9 Å². The van der Waals surface area contributed by atoms with Crippen LogP contribution in [0.5, 0.6) is 5.75 Å². The Balaban J connectivity index is 1.34. The van der Waals surface area contributed by atoms with E-state index in [1.165, 1.54) is 25.3 Å². The SMILES string of the molecule is O=C1NC(=O)/C(=C/c2ccc(-c3cc(F)c(O)c(C45CC6CC(CC(C6)C4)C5)c3)cc2)S1. The molecule has 4 aliphatic carbocycles. The number of amides is 2. The van der Waals surface area contributed by atoms with Crippen LogP contribution in [0.2, 0.25) is 0 Å². The van der Waals surface area contributed by atoms with E-state index in [0.29, 0.717) is 22.7 Å². The van der Waals surface area contributed by atoms with E-state index < -0.39 is 5.82 Å². The van der Waals surface area contributed by atoms with Crippen LogP contribution >= 0.6 is 11.8 Å². The second-order valence-corrected chi connectivity index (χ2v) is 11.0. The van der Waals surface area contributed by atoms with Gasteiger partial charge in [-0.25, -0.2) is 4.39 Å². The predicted octanol–water partition coefficient (Wildman–Crippen LogP) is 5.99. The summed E-state index contributed by atoms with van der Waals surface area (Å²) >= 11 is 0.886. The first-order valence-electron chi connectivity index (χ1n) is 11.3. The van der Waals surface area contributed by atoms with E-state index in [2.05, 4.69) is 5.32 Å². The van der Waals surface area contributed by atoms with Gasteiger partial charge in [0, 0.05) is 5.56 Å². The molecule has 0 spiro atoms. The molecule has 1 aliphatic heterocycles. The molecule has 32 heavy (non-hydrogen) atoms. The van der Waals surface area contributed by atoms with Crippen LogP contribution in [0.3, 0.4) is 0 Å². The summed E-state index contributed by atoms with van der Waals surface area (Å²) in [7, 11) is 0. The van der Waals surface area contributed by atoms with Crippen molar-refractivity contribution in [3.05, 3.63) is 58.2 Å². The van der Waals surface area contributed by atoms with Crippen LogP contribution in [-0.2, 0) is 10.2 Å². The van der Waals surface area contributed by atoms with Crippen LogP contribution in [-0.4, -0.2) is 16.3 Å². The molecule has 1 heterocycles. The van der Waals surface area contributed by atoms with Crippen LogP contribution < -0.4 is 5.32 Å². The first-order chi connectivity index (χ1) is 15.4. The van der Waals surface area contributed by atoms with Gasteiger partial charge in [0.15, 0.2) is 11.6 Å². The molecule has 0 radical (unpaired) electrons. The molecule has 2 aromatic carbocycles. The molecule has 7 rings (SSSR count). The van der Waals surface area contributed by atoms with E-state index >= 15 is 0 Å². The fraction of sp³-hybridized carbons (Fsp3) is 0.385. The average Bonchev–Trinajstić information content (AvgIpc) is 3.06. The smallest absolute Gasteiger partial charge is 0.290 e. The van der Waals surface area contributed by atoms with Gasteiger partial charge < -0.3 is 5.11 Å². The third kappa shape index (κ3) is 3.27. The third-order valence-electron chi connectivity index (χ3n) is 7.86. The maximum atomic E-state index is 14.9. The van der Waals surface area contributed by atoms with Gasteiger partial charge >= 0.3 is 0 Å². The molecule has 4 saturated carbocycles. The summed E-state index contributed by atoms with van der Waals surface area (Å²) in [6.45, 7) is 0. The minimum Gasteiger partial charge on any atom is -0.505 e. The van der Waals surface area contributed by atoms with Crippen molar-refractivity contribution in [2.24, 2.45) is 17.8 Å². The predicted molar refractivity (Wildman–Crippen MR) is 122 cm³/mol. The summed E-state index contributed by atoms with van der Waals surface area (Å²) in [5.74, 6) is 1.000. The molecule has 164 valence electrons. The molecule has 2 amide bonds. The van der Waals surface area contributed by atoms with E-state index in [4.69, 9.17) is 0 Å². The Morgan fingerprint density at radius 2 is 1.59 bits per heavy atom. The van der Waals surface area contributed by atoms with Gasteiger partial charge in [-0.3, -0.25) is 14.9 Å². The van der Waals surface area contributed by atoms with E-state index in [9.17, 15) is 19.1 Å². The number of phenolic OH excluding ortho intramolecular Hbond substituents is 1. The quantitative estimate of drug-likeness (QED) is 0.565. The molecule has 6 heteroatoms. The molecule has 2 aromatic rings. The van der Waals surface area contributed by atoms with Crippen molar-refractivity contribution in [1.29, 1.82) is 0 Å². The highest BCUT2D eigenvalue weighted by Crippen LogP contribution is 2.62. The number of aromatic hydroxyl groups is 1. The molecule has 0 atom stereocenters. The molecule has 0 unspecified atom stereocenters. The molecule has 2 N–H and O–H groups in total. The minimum absolute atomic E-state index is 0.0976. The van der Waals surface area contributed by atoms with Crippen molar-refractivity contribution in [3.63, 3.8) is 0 Å². The Labute approximate surface area is 190 Å². The standard InChI is InChI=1S/C26H24FNO3S/c27-21-10-19(18-3-1-14(2-4-18)8-22-24(30)28-25(31)32-22)9-20(23(21)29)26-11-15-5-16(12-26)7-17(6-15)13-26/h1-4,8-10,15-17,29H,5-7,11-13H2,(H,28,30,31)/b22-8-. The van der Waals surface area contributed by atoms with Gasteiger partial charge in [0.1, 0.15) is 0 Å². The Morgan fingerprint density at radius 3 is 2.16 bits per heavy atom. The van der Waals surface area contributed by atoms with Gasteiger partial charge in [-0.15, -0.1) is 0 Å². The van der Waals surface area contributed by atoms with Gasteiger partial charge in [0.25, 0.3) is 11.1 Å². The number of hydrogen-bond donors (Lipinski definition) is 2. The zero-order valence-electron chi connectivity index (χ0n) is 17.6. The Hall–Kier alpha value is -2.60. The summed E-state index contributed by atoms with van der Waals surface area (Å²) in [6.07, 6.45) is 8.72. The first kappa shape index (κ1) is 20.0. The van der Waals surface area contributed by atoms with Crippen LogP contribution in [0.15, 0.2) is 41.3 Å². The topological polar surface area (TPSA) is 66.4 Å². The number of benzene rings is 2. The van der Waals surface area contributed by atoms with Gasteiger partial charge in [-0.1, -0.05) is 24.3 Å². The van der Waals surface area contributed by atoms with E-state index in [1.807, 2.05) is 30.3 Å². The monoisotopic (exact) mass is 449 g/mol. The fourth-order valence-corrected chi connectivity index (χ4v) is 7.64. The minimum atomic E-state index is -0.558. The zero-order chi connectivity index (χ0) is 22.0.